The van der Waals surface area contributed by atoms with E-state index in [1.807, 2.05) is 7.05 Å². The number of hydrogen-bond donors (Lipinski definition) is 1. The molecule has 1 aliphatic heterocycles. The Morgan fingerprint density at radius 1 is 1.44 bits per heavy atom. The molecule has 0 bridgehead atoms. The second kappa shape index (κ2) is 4.78. The fourth-order valence-corrected chi connectivity index (χ4v) is 2.09. The monoisotopic (exact) mass is 221 g/mol. The largest absolute Gasteiger partial charge is 0.381 e. The molecule has 1 aromatic heterocycles. The van der Waals surface area contributed by atoms with Crippen LogP contribution in [0.1, 0.15) is 36.3 Å². The van der Waals surface area contributed by atoms with E-state index in [0.717, 1.165) is 49.0 Å². The Labute approximate surface area is 96.4 Å². The molecule has 1 fully saturated rings. The molecular formula is C12H19N3O. The van der Waals surface area contributed by atoms with Gasteiger partial charge in [0.1, 0.15) is 11.6 Å². The highest BCUT2D eigenvalue weighted by atomic mass is 16.5. The first kappa shape index (κ1) is 11.3. The van der Waals surface area contributed by atoms with Crippen LogP contribution in [-0.2, 0) is 11.2 Å². The summed E-state index contributed by atoms with van der Waals surface area (Å²) in [7, 11) is 1.91. The zero-order valence-electron chi connectivity index (χ0n) is 10.2. The Balaban J connectivity index is 2.37. The number of aryl methyl sites for hydroxylation is 1. The minimum atomic E-state index is 0.373. The number of rotatable bonds is 3. The fourth-order valence-electron chi connectivity index (χ4n) is 2.09. The van der Waals surface area contributed by atoms with Gasteiger partial charge in [0, 0.05) is 30.8 Å². The third kappa shape index (κ3) is 2.02. The van der Waals surface area contributed by atoms with Crippen LogP contribution in [0.15, 0.2) is 0 Å². The summed E-state index contributed by atoms with van der Waals surface area (Å²) in [5.74, 6) is 2.26. The van der Waals surface area contributed by atoms with Gasteiger partial charge >= 0.3 is 0 Å². The molecule has 1 N–H and O–H groups in total. The van der Waals surface area contributed by atoms with Crippen LogP contribution in [0.4, 0.5) is 5.82 Å². The van der Waals surface area contributed by atoms with Crippen LogP contribution in [0.25, 0.3) is 0 Å². The van der Waals surface area contributed by atoms with Crippen molar-refractivity contribution >= 4 is 5.82 Å². The zero-order valence-corrected chi connectivity index (χ0v) is 10.2. The van der Waals surface area contributed by atoms with Crippen LogP contribution in [0.3, 0.4) is 0 Å². The Bertz CT molecular complexity index is 348. The van der Waals surface area contributed by atoms with E-state index in [0.29, 0.717) is 5.92 Å². The molecule has 2 rings (SSSR count). The van der Waals surface area contributed by atoms with Crippen molar-refractivity contribution in [2.75, 3.05) is 25.6 Å². The van der Waals surface area contributed by atoms with E-state index in [4.69, 9.17) is 4.74 Å². The highest BCUT2D eigenvalue weighted by molar-refractivity contribution is 5.45. The van der Waals surface area contributed by atoms with Crippen molar-refractivity contribution in [3.05, 3.63) is 17.1 Å². The lowest BCUT2D eigenvalue weighted by Crippen LogP contribution is -2.11. The standard InChI is InChI=1S/C12H19N3O/c1-4-10-8(2)11(13-3)15-12(14-10)9-5-6-16-7-9/h9H,4-7H2,1-3H3,(H,13,14,15). The van der Waals surface area contributed by atoms with Gasteiger partial charge in [-0.1, -0.05) is 6.92 Å². The molecule has 1 atom stereocenters. The summed E-state index contributed by atoms with van der Waals surface area (Å²) in [5.41, 5.74) is 2.30. The van der Waals surface area contributed by atoms with Crippen LogP contribution in [0.2, 0.25) is 0 Å². The van der Waals surface area contributed by atoms with Gasteiger partial charge in [-0.15, -0.1) is 0 Å². The van der Waals surface area contributed by atoms with E-state index < -0.39 is 0 Å². The Hall–Kier alpha value is -1.16. The van der Waals surface area contributed by atoms with Crippen LogP contribution >= 0.6 is 0 Å². The van der Waals surface area contributed by atoms with Crippen molar-refractivity contribution in [1.29, 1.82) is 0 Å². The van der Waals surface area contributed by atoms with Gasteiger partial charge in [0.2, 0.25) is 0 Å². The highest BCUT2D eigenvalue weighted by Crippen LogP contribution is 2.25. The summed E-state index contributed by atoms with van der Waals surface area (Å²) in [5, 5.41) is 3.14. The van der Waals surface area contributed by atoms with Crippen molar-refractivity contribution in [3.63, 3.8) is 0 Å². The van der Waals surface area contributed by atoms with E-state index in [2.05, 4.69) is 29.1 Å². The molecule has 1 unspecified atom stereocenters. The predicted molar refractivity (Wildman–Crippen MR) is 63.9 cm³/mol. The molecule has 0 amide bonds. The molecule has 1 aromatic rings. The lowest BCUT2D eigenvalue weighted by atomic mass is 10.1. The minimum absolute atomic E-state index is 0.373. The fraction of sp³-hybridized carbons (Fsp3) is 0.667. The SMILES string of the molecule is CCc1nc(C2CCOC2)nc(NC)c1C. The summed E-state index contributed by atoms with van der Waals surface area (Å²) < 4.78 is 5.39. The Morgan fingerprint density at radius 2 is 2.25 bits per heavy atom. The lowest BCUT2D eigenvalue weighted by Gasteiger charge is -2.13. The second-order valence-corrected chi connectivity index (χ2v) is 4.17. The topological polar surface area (TPSA) is 47.0 Å². The van der Waals surface area contributed by atoms with Gasteiger partial charge < -0.3 is 10.1 Å². The molecule has 1 saturated heterocycles. The first-order valence-electron chi connectivity index (χ1n) is 5.89. The summed E-state index contributed by atoms with van der Waals surface area (Å²) in [4.78, 5) is 9.23. The maximum atomic E-state index is 5.39. The summed E-state index contributed by atoms with van der Waals surface area (Å²) in [6.45, 7) is 5.79. The van der Waals surface area contributed by atoms with Gasteiger partial charge in [-0.25, -0.2) is 9.97 Å². The Kier molecular flexibility index (Phi) is 3.39. The van der Waals surface area contributed by atoms with Gasteiger partial charge in [-0.05, 0) is 19.8 Å². The smallest absolute Gasteiger partial charge is 0.136 e. The quantitative estimate of drug-likeness (QED) is 0.846. The molecule has 0 saturated carbocycles. The first-order valence-corrected chi connectivity index (χ1v) is 5.89. The molecule has 0 radical (unpaired) electrons. The van der Waals surface area contributed by atoms with Gasteiger partial charge in [-0.3, -0.25) is 0 Å². The van der Waals surface area contributed by atoms with E-state index in [9.17, 15) is 0 Å². The number of anilines is 1. The summed E-state index contributed by atoms with van der Waals surface area (Å²) >= 11 is 0. The molecule has 4 nitrogen and oxygen atoms in total. The molecule has 88 valence electrons. The average Bonchev–Trinajstić information content (AvgIpc) is 2.83. The second-order valence-electron chi connectivity index (χ2n) is 4.17. The molecule has 0 spiro atoms. The average molecular weight is 221 g/mol. The van der Waals surface area contributed by atoms with Crippen molar-refractivity contribution in [2.45, 2.75) is 32.6 Å². The number of nitrogens with zero attached hydrogens (tertiary/aromatic N) is 2. The van der Waals surface area contributed by atoms with Crippen molar-refractivity contribution in [3.8, 4) is 0 Å². The maximum Gasteiger partial charge on any atom is 0.136 e. The van der Waals surface area contributed by atoms with Crippen molar-refractivity contribution in [2.24, 2.45) is 0 Å². The van der Waals surface area contributed by atoms with Crippen molar-refractivity contribution in [1.82, 2.24) is 9.97 Å². The molecule has 0 aliphatic carbocycles. The molecule has 2 heterocycles. The molecular weight excluding hydrogens is 202 g/mol. The van der Waals surface area contributed by atoms with Gasteiger partial charge in [0.25, 0.3) is 0 Å². The van der Waals surface area contributed by atoms with E-state index in [1.54, 1.807) is 0 Å². The first-order chi connectivity index (χ1) is 7.76. The summed E-state index contributed by atoms with van der Waals surface area (Å²) in [6, 6.07) is 0. The van der Waals surface area contributed by atoms with Gasteiger partial charge in [0.15, 0.2) is 0 Å². The molecule has 0 aromatic carbocycles. The van der Waals surface area contributed by atoms with Crippen LogP contribution in [-0.4, -0.2) is 30.2 Å². The van der Waals surface area contributed by atoms with E-state index in [1.165, 1.54) is 0 Å². The third-order valence-corrected chi connectivity index (χ3v) is 3.13. The molecule has 4 heteroatoms. The maximum absolute atomic E-state index is 5.39. The van der Waals surface area contributed by atoms with E-state index >= 15 is 0 Å². The minimum Gasteiger partial charge on any atom is -0.381 e. The number of aromatic nitrogens is 2. The number of nitrogens with one attached hydrogen (secondary N) is 1. The molecule has 1 aliphatic rings. The normalized spacial score (nSPS) is 20.1. The predicted octanol–water partition coefficient (Wildman–Crippen LogP) is 1.89. The number of ether oxygens (including phenoxy) is 1. The van der Waals surface area contributed by atoms with Gasteiger partial charge in [-0.2, -0.15) is 0 Å². The number of hydrogen-bond acceptors (Lipinski definition) is 4. The van der Waals surface area contributed by atoms with E-state index in [-0.39, 0.29) is 0 Å². The Morgan fingerprint density at radius 3 is 2.81 bits per heavy atom. The summed E-state index contributed by atoms with van der Waals surface area (Å²) in [6.07, 6.45) is 1.99. The molecule has 16 heavy (non-hydrogen) atoms. The van der Waals surface area contributed by atoms with Crippen LogP contribution in [0, 0.1) is 6.92 Å². The van der Waals surface area contributed by atoms with Gasteiger partial charge in [0.05, 0.1) is 6.61 Å². The highest BCUT2D eigenvalue weighted by Gasteiger charge is 2.22. The third-order valence-electron chi connectivity index (χ3n) is 3.13. The lowest BCUT2D eigenvalue weighted by molar-refractivity contribution is 0.193. The van der Waals surface area contributed by atoms with Crippen LogP contribution < -0.4 is 5.32 Å². The van der Waals surface area contributed by atoms with Crippen LogP contribution in [0.5, 0.6) is 0 Å². The zero-order chi connectivity index (χ0) is 11.5. The van der Waals surface area contributed by atoms with Crippen molar-refractivity contribution < 1.29 is 4.74 Å².